The molecule has 0 aliphatic rings. The summed E-state index contributed by atoms with van der Waals surface area (Å²) in [6.07, 6.45) is 0. The first-order valence-corrected chi connectivity index (χ1v) is 6.14. The molecular weight excluding hydrogens is 277 g/mol. The number of ether oxygens (including phenoxy) is 1. The van der Waals surface area contributed by atoms with Gasteiger partial charge in [0, 0.05) is 6.07 Å². The Bertz CT molecular complexity index is 700. The largest absolute Gasteiger partial charge is 0.457 e. The van der Waals surface area contributed by atoms with Crippen LogP contribution in [0, 0.1) is 22.9 Å². The monoisotopic (exact) mass is 289 g/mol. The van der Waals surface area contributed by atoms with Crippen molar-refractivity contribution in [3.05, 3.63) is 75.1 Å². The fraction of sp³-hybridized carbons (Fsp3) is 0.133. The molecule has 0 spiro atoms. The first-order valence-electron chi connectivity index (χ1n) is 6.14. The molecule has 0 fully saturated rings. The number of nitro benzene ring substituents is 1. The van der Waals surface area contributed by atoms with Crippen LogP contribution in [0.3, 0.4) is 0 Å². The Morgan fingerprint density at radius 2 is 2.00 bits per heavy atom. The Kier molecular flexibility index (Phi) is 4.27. The van der Waals surface area contributed by atoms with Crippen molar-refractivity contribution >= 4 is 11.7 Å². The maximum absolute atomic E-state index is 13.4. The lowest BCUT2D eigenvalue weighted by Gasteiger charge is -2.06. The molecule has 0 aliphatic heterocycles. The van der Waals surface area contributed by atoms with Gasteiger partial charge in [0.1, 0.15) is 12.4 Å². The van der Waals surface area contributed by atoms with Crippen LogP contribution in [0.2, 0.25) is 0 Å². The highest BCUT2D eigenvalue weighted by molar-refractivity contribution is 5.89. The summed E-state index contributed by atoms with van der Waals surface area (Å²) in [5.41, 5.74) is 0.644. The Morgan fingerprint density at radius 3 is 2.67 bits per heavy atom. The first-order chi connectivity index (χ1) is 9.99. The SMILES string of the molecule is Cc1ccc(C(=O)OCc2ccccc2[N+](=O)[O-])cc1F. The van der Waals surface area contributed by atoms with Crippen LogP contribution in [-0.2, 0) is 11.3 Å². The van der Waals surface area contributed by atoms with Crippen LogP contribution < -0.4 is 0 Å². The number of para-hydroxylation sites is 1. The van der Waals surface area contributed by atoms with Crippen molar-refractivity contribution in [3.8, 4) is 0 Å². The van der Waals surface area contributed by atoms with E-state index in [-0.39, 0.29) is 23.4 Å². The average Bonchev–Trinajstić information content (AvgIpc) is 2.47. The molecule has 2 rings (SSSR count). The summed E-state index contributed by atoms with van der Waals surface area (Å²) in [5, 5.41) is 10.8. The van der Waals surface area contributed by atoms with Gasteiger partial charge in [-0.05, 0) is 30.7 Å². The summed E-state index contributed by atoms with van der Waals surface area (Å²) in [6.45, 7) is 1.34. The third-order valence-corrected chi connectivity index (χ3v) is 2.95. The van der Waals surface area contributed by atoms with E-state index in [0.29, 0.717) is 5.56 Å². The van der Waals surface area contributed by atoms with Gasteiger partial charge in [0.2, 0.25) is 0 Å². The zero-order chi connectivity index (χ0) is 15.4. The number of hydrogen-bond donors (Lipinski definition) is 0. The Morgan fingerprint density at radius 1 is 1.29 bits per heavy atom. The minimum Gasteiger partial charge on any atom is -0.457 e. The maximum Gasteiger partial charge on any atom is 0.338 e. The second kappa shape index (κ2) is 6.13. The van der Waals surface area contributed by atoms with Gasteiger partial charge in [0.15, 0.2) is 0 Å². The molecule has 0 saturated carbocycles. The molecule has 21 heavy (non-hydrogen) atoms. The number of halogens is 1. The zero-order valence-corrected chi connectivity index (χ0v) is 11.2. The molecule has 2 aromatic carbocycles. The normalized spacial score (nSPS) is 10.2. The van der Waals surface area contributed by atoms with Gasteiger partial charge in [-0.25, -0.2) is 9.18 Å². The highest BCUT2D eigenvalue weighted by Gasteiger charge is 2.15. The van der Waals surface area contributed by atoms with Crippen molar-refractivity contribution in [2.45, 2.75) is 13.5 Å². The summed E-state index contributed by atoms with van der Waals surface area (Å²) in [6, 6.07) is 9.96. The zero-order valence-electron chi connectivity index (χ0n) is 11.2. The van der Waals surface area contributed by atoms with Gasteiger partial charge in [0.05, 0.1) is 16.1 Å². The smallest absolute Gasteiger partial charge is 0.338 e. The first kappa shape index (κ1) is 14.6. The van der Waals surface area contributed by atoms with Gasteiger partial charge < -0.3 is 4.74 Å². The predicted octanol–water partition coefficient (Wildman–Crippen LogP) is 3.40. The van der Waals surface area contributed by atoms with Gasteiger partial charge >= 0.3 is 5.97 Å². The molecule has 0 amide bonds. The minimum absolute atomic E-state index is 0.0664. The number of esters is 1. The van der Waals surface area contributed by atoms with Crippen LogP contribution in [0.5, 0.6) is 0 Å². The van der Waals surface area contributed by atoms with Crippen LogP contribution in [-0.4, -0.2) is 10.9 Å². The molecule has 0 aliphatic carbocycles. The maximum atomic E-state index is 13.4. The molecular formula is C15H12FNO4. The lowest BCUT2D eigenvalue weighted by atomic mass is 10.1. The van der Waals surface area contributed by atoms with Gasteiger partial charge in [-0.1, -0.05) is 18.2 Å². The molecule has 0 bridgehead atoms. The minimum atomic E-state index is -0.730. The molecule has 6 heteroatoms. The Hall–Kier alpha value is -2.76. The summed E-state index contributed by atoms with van der Waals surface area (Å²) >= 11 is 0. The van der Waals surface area contributed by atoms with Gasteiger partial charge in [-0.15, -0.1) is 0 Å². The van der Waals surface area contributed by atoms with E-state index in [1.165, 1.54) is 30.3 Å². The number of carbonyl (C=O) groups excluding carboxylic acids is 1. The lowest BCUT2D eigenvalue weighted by molar-refractivity contribution is -0.385. The number of aryl methyl sites for hydroxylation is 1. The molecule has 108 valence electrons. The van der Waals surface area contributed by atoms with E-state index in [1.807, 2.05) is 0 Å². The van der Waals surface area contributed by atoms with Crippen LogP contribution in [0.25, 0.3) is 0 Å². The van der Waals surface area contributed by atoms with Crippen LogP contribution >= 0.6 is 0 Å². The van der Waals surface area contributed by atoms with E-state index in [9.17, 15) is 19.3 Å². The molecule has 0 N–H and O–H groups in total. The van der Waals surface area contributed by atoms with E-state index in [1.54, 1.807) is 13.0 Å². The van der Waals surface area contributed by atoms with E-state index >= 15 is 0 Å². The van der Waals surface area contributed by atoms with E-state index in [2.05, 4.69) is 0 Å². The summed E-state index contributed by atoms with van der Waals surface area (Å²) in [5.74, 6) is -1.23. The second-order valence-corrected chi connectivity index (χ2v) is 4.43. The third kappa shape index (κ3) is 3.42. The number of hydrogen-bond acceptors (Lipinski definition) is 4. The summed E-state index contributed by atoms with van der Waals surface area (Å²) in [4.78, 5) is 22.1. The number of nitrogens with zero attached hydrogens (tertiary/aromatic N) is 1. The molecule has 0 saturated heterocycles. The number of benzene rings is 2. The lowest BCUT2D eigenvalue weighted by Crippen LogP contribution is -2.07. The van der Waals surface area contributed by atoms with Gasteiger partial charge in [-0.3, -0.25) is 10.1 Å². The highest BCUT2D eigenvalue weighted by atomic mass is 19.1. The molecule has 2 aromatic rings. The predicted molar refractivity (Wildman–Crippen MR) is 73.4 cm³/mol. The van der Waals surface area contributed by atoms with E-state index in [0.717, 1.165) is 6.07 Å². The molecule has 0 heterocycles. The quantitative estimate of drug-likeness (QED) is 0.491. The number of rotatable bonds is 4. The molecule has 0 atom stereocenters. The number of carbonyl (C=O) groups is 1. The fourth-order valence-corrected chi connectivity index (χ4v) is 1.76. The second-order valence-electron chi connectivity index (χ2n) is 4.43. The van der Waals surface area contributed by atoms with E-state index in [4.69, 9.17) is 4.74 Å². The summed E-state index contributed by atoms with van der Waals surface area (Å²) in [7, 11) is 0. The molecule has 5 nitrogen and oxygen atoms in total. The van der Waals surface area contributed by atoms with Crippen molar-refractivity contribution in [1.82, 2.24) is 0 Å². The van der Waals surface area contributed by atoms with Crippen LogP contribution in [0.4, 0.5) is 10.1 Å². The van der Waals surface area contributed by atoms with Crippen molar-refractivity contribution < 1.29 is 18.8 Å². The van der Waals surface area contributed by atoms with Crippen molar-refractivity contribution in [2.24, 2.45) is 0 Å². The van der Waals surface area contributed by atoms with Crippen molar-refractivity contribution in [1.29, 1.82) is 0 Å². The molecule has 0 unspecified atom stereocenters. The third-order valence-electron chi connectivity index (χ3n) is 2.95. The van der Waals surface area contributed by atoms with Gasteiger partial charge in [-0.2, -0.15) is 0 Å². The highest BCUT2D eigenvalue weighted by Crippen LogP contribution is 2.19. The Balaban J connectivity index is 2.11. The summed E-state index contributed by atoms with van der Waals surface area (Å²) < 4.78 is 18.4. The van der Waals surface area contributed by atoms with Crippen LogP contribution in [0.1, 0.15) is 21.5 Å². The topological polar surface area (TPSA) is 69.4 Å². The number of nitro groups is 1. The van der Waals surface area contributed by atoms with Crippen molar-refractivity contribution in [2.75, 3.05) is 0 Å². The molecule has 0 aromatic heterocycles. The standard InChI is InChI=1S/C15H12FNO4/c1-10-6-7-11(8-13(10)16)15(18)21-9-12-4-2-3-5-14(12)17(19)20/h2-8H,9H2,1H3. The van der Waals surface area contributed by atoms with E-state index < -0.39 is 16.7 Å². The molecule has 0 radical (unpaired) electrons. The van der Waals surface area contributed by atoms with Crippen LogP contribution in [0.15, 0.2) is 42.5 Å². The average molecular weight is 289 g/mol. The Labute approximate surface area is 120 Å². The van der Waals surface area contributed by atoms with Gasteiger partial charge in [0.25, 0.3) is 5.69 Å². The van der Waals surface area contributed by atoms with Crippen molar-refractivity contribution in [3.63, 3.8) is 0 Å². The fourth-order valence-electron chi connectivity index (χ4n) is 1.76.